The maximum Gasteiger partial charge on any atom is 0.141 e. The van der Waals surface area contributed by atoms with E-state index in [1.807, 2.05) is 38.1 Å². The zero-order valence-corrected chi connectivity index (χ0v) is 12.4. The molecule has 4 heteroatoms. The van der Waals surface area contributed by atoms with E-state index < -0.39 is 0 Å². The summed E-state index contributed by atoms with van der Waals surface area (Å²) >= 11 is 3.42. The van der Waals surface area contributed by atoms with Gasteiger partial charge in [0.05, 0.1) is 5.69 Å². The second-order valence-electron chi connectivity index (χ2n) is 4.25. The number of rotatable bonds is 3. The first-order valence-electron chi connectivity index (χ1n) is 5.85. The van der Waals surface area contributed by atoms with Crippen LogP contribution in [0.5, 0.6) is 5.75 Å². The molecule has 1 aromatic heterocycles. The van der Waals surface area contributed by atoms with Crippen molar-refractivity contribution in [3.8, 4) is 11.8 Å². The normalized spacial score (nSPS) is 10.0. The Kier molecular flexibility index (Phi) is 4.18. The van der Waals surface area contributed by atoms with Gasteiger partial charge in [-0.05, 0) is 31.5 Å². The van der Waals surface area contributed by atoms with Crippen molar-refractivity contribution >= 4 is 15.9 Å². The Balaban J connectivity index is 2.22. The zero-order chi connectivity index (χ0) is 13.8. The summed E-state index contributed by atoms with van der Waals surface area (Å²) in [5.41, 5.74) is 3.10. The number of aryl methyl sites for hydroxylation is 2. The molecule has 1 aromatic carbocycles. The number of benzene rings is 1. The van der Waals surface area contributed by atoms with Gasteiger partial charge >= 0.3 is 0 Å². The molecule has 3 nitrogen and oxygen atoms in total. The van der Waals surface area contributed by atoms with E-state index in [-0.39, 0.29) is 0 Å². The lowest BCUT2D eigenvalue weighted by Gasteiger charge is -2.10. The molecular formula is C15H13BrN2O. The van der Waals surface area contributed by atoms with E-state index in [4.69, 9.17) is 10.00 Å². The predicted octanol–water partition coefficient (Wildman–Crippen LogP) is 3.91. The second-order valence-corrected chi connectivity index (χ2v) is 5.17. The monoisotopic (exact) mass is 316 g/mol. The van der Waals surface area contributed by atoms with Crippen LogP contribution in [-0.4, -0.2) is 4.98 Å². The summed E-state index contributed by atoms with van der Waals surface area (Å²) in [4.78, 5) is 4.26. The largest absolute Gasteiger partial charge is 0.487 e. The van der Waals surface area contributed by atoms with Crippen molar-refractivity contribution in [3.05, 3.63) is 57.3 Å². The van der Waals surface area contributed by atoms with E-state index in [2.05, 4.69) is 27.0 Å². The van der Waals surface area contributed by atoms with Crippen molar-refractivity contribution in [3.63, 3.8) is 0 Å². The van der Waals surface area contributed by atoms with Crippen LogP contribution in [0.25, 0.3) is 0 Å². The molecule has 1 heterocycles. The number of pyridine rings is 1. The number of hydrogen-bond acceptors (Lipinski definition) is 3. The molecule has 0 aliphatic heterocycles. The van der Waals surface area contributed by atoms with Crippen molar-refractivity contribution in [2.24, 2.45) is 0 Å². The Hall–Kier alpha value is -1.86. The third kappa shape index (κ3) is 3.33. The van der Waals surface area contributed by atoms with Crippen molar-refractivity contribution in [1.82, 2.24) is 4.98 Å². The van der Waals surface area contributed by atoms with Crippen molar-refractivity contribution in [1.29, 1.82) is 5.26 Å². The average Bonchev–Trinajstić information content (AvgIpc) is 2.36. The Morgan fingerprint density at radius 2 is 2.11 bits per heavy atom. The highest BCUT2D eigenvalue weighted by Crippen LogP contribution is 2.22. The summed E-state index contributed by atoms with van der Waals surface area (Å²) in [5, 5.41) is 9.15. The summed E-state index contributed by atoms with van der Waals surface area (Å²) in [7, 11) is 0. The molecule has 0 saturated carbocycles. The molecule has 0 radical (unpaired) electrons. The van der Waals surface area contributed by atoms with Gasteiger partial charge < -0.3 is 4.74 Å². The summed E-state index contributed by atoms with van der Waals surface area (Å²) in [6.45, 7) is 4.13. The van der Waals surface area contributed by atoms with Crippen LogP contribution < -0.4 is 4.74 Å². The number of aromatic nitrogens is 1. The van der Waals surface area contributed by atoms with E-state index in [9.17, 15) is 0 Å². The van der Waals surface area contributed by atoms with E-state index >= 15 is 0 Å². The highest BCUT2D eigenvalue weighted by Gasteiger charge is 2.09. The lowest BCUT2D eigenvalue weighted by molar-refractivity contribution is 0.304. The molecular weight excluding hydrogens is 304 g/mol. The smallest absolute Gasteiger partial charge is 0.141 e. The standard InChI is InChI=1S/C15H13BrN2O/c1-10-6-15(14(8-17)11(2)18-10)19-9-12-4-3-5-13(16)7-12/h3-7H,9H2,1-2H3. The summed E-state index contributed by atoms with van der Waals surface area (Å²) in [5.74, 6) is 0.590. The Morgan fingerprint density at radius 3 is 2.79 bits per heavy atom. The van der Waals surface area contributed by atoms with Gasteiger partial charge in [-0.2, -0.15) is 5.26 Å². The van der Waals surface area contributed by atoms with Gasteiger partial charge in [0.2, 0.25) is 0 Å². The Bertz CT molecular complexity index is 647. The quantitative estimate of drug-likeness (QED) is 0.862. The van der Waals surface area contributed by atoms with E-state index in [1.165, 1.54) is 0 Å². The fraction of sp³-hybridized carbons (Fsp3) is 0.200. The second kappa shape index (κ2) is 5.85. The molecule has 0 amide bonds. The SMILES string of the molecule is Cc1cc(OCc2cccc(Br)c2)c(C#N)c(C)n1. The van der Waals surface area contributed by atoms with Gasteiger partial charge in [-0.3, -0.25) is 4.98 Å². The van der Waals surface area contributed by atoms with Crippen LogP contribution in [0.15, 0.2) is 34.8 Å². The van der Waals surface area contributed by atoms with Gasteiger partial charge in [0.15, 0.2) is 0 Å². The van der Waals surface area contributed by atoms with Gasteiger partial charge in [-0.25, -0.2) is 0 Å². The Labute approximate surface area is 121 Å². The molecule has 2 aromatic rings. The summed E-state index contributed by atoms with van der Waals surface area (Å²) in [6.07, 6.45) is 0. The van der Waals surface area contributed by atoms with Crippen molar-refractivity contribution < 1.29 is 4.74 Å². The van der Waals surface area contributed by atoms with Crippen molar-refractivity contribution in [2.45, 2.75) is 20.5 Å². The first-order valence-corrected chi connectivity index (χ1v) is 6.65. The number of halogens is 1. The van der Waals surface area contributed by atoms with Crippen molar-refractivity contribution in [2.75, 3.05) is 0 Å². The summed E-state index contributed by atoms with van der Waals surface area (Å²) < 4.78 is 6.76. The lowest BCUT2D eigenvalue weighted by Crippen LogP contribution is -2.01. The fourth-order valence-corrected chi connectivity index (χ4v) is 2.28. The number of ether oxygens (including phenoxy) is 1. The predicted molar refractivity (Wildman–Crippen MR) is 76.9 cm³/mol. The van der Waals surface area contributed by atoms with E-state index in [1.54, 1.807) is 6.07 Å². The molecule has 0 unspecified atom stereocenters. The van der Waals surface area contributed by atoms with Crippen LogP contribution in [0.1, 0.15) is 22.5 Å². The minimum atomic E-state index is 0.428. The molecule has 0 atom stereocenters. The minimum absolute atomic E-state index is 0.428. The van der Waals surface area contributed by atoms with Crippen LogP contribution in [0.3, 0.4) is 0 Å². The molecule has 96 valence electrons. The number of nitrogens with zero attached hydrogens (tertiary/aromatic N) is 2. The zero-order valence-electron chi connectivity index (χ0n) is 10.8. The molecule has 0 bridgehead atoms. The van der Waals surface area contributed by atoms with E-state index in [0.29, 0.717) is 23.6 Å². The minimum Gasteiger partial charge on any atom is -0.487 e. The van der Waals surface area contributed by atoms with Gasteiger partial charge in [0.1, 0.15) is 24.0 Å². The number of nitriles is 1. The van der Waals surface area contributed by atoms with Gasteiger partial charge in [-0.15, -0.1) is 0 Å². The molecule has 0 spiro atoms. The molecule has 0 aliphatic carbocycles. The van der Waals surface area contributed by atoms with Gasteiger partial charge in [0.25, 0.3) is 0 Å². The molecule has 19 heavy (non-hydrogen) atoms. The highest BCUT2D eigenvalue weighted by molar-refractivity contribution is 9.10. The van der Waals surface area contributed by atoms with E-state index in [0.717, 1.165) is 15.7 Å². The topological polar surface area (TPSA) is 45.9 Å². The van der Waals surface area contributed by atoms with Crippen LogP contribution >= 0.6 is 15.9 Å². The fourth-order valence-electron chi connectivity index (χ4n) is 1.83. The molecule has 0 aliphatic rings. The Morgan fingerprint density at radius 1 is 1.32 bits per heavy atom. The molecule has 0 N–H and O–H groups in total. The first-order chi connectivity index (χ1) is 9.10. The van der Waals surface area contributed by atoms with Crippen LogP contribution in [0.2, 0.25) is 0 Å². The van der Waals surface area contributed by atoms with Crippen LogP contribution in [-0.2, 0) is 6.61 Å². The number of hydrogen-bond donors (Lipinski definition) is 0. The highest BCUT2D eigenvalue weighted by atomic mass is 79.9. The molecule has 0 saturated heterocycles. The molecule has 0 fully saturated rings. The third-order valence-electron chi connectivity index (χ3n) is 2.69. The maximum absolute atomic E-state index is 9.15. The molecule has 2 rings (SSSR count). The first kappa shape index (κ1) is 13.6. The van der Waals surface area contributed by atoms with Crippen LogP contribution in [0, 0.1) is 25.2 Å². The van der Waals surface area contributed by atoms with Gasteiger partial charge in [0, 0.05) is 16.2 Å². The third-order valence-corrected chi connectivity index (χ3v) is 3.18. The maximum atomic E-state index is 9.15. The van der Waals surface area contributed by atoms with Gasteiger partial charge in [-0.1, -0.05) is 28.1 Å². The van der Waals surface area contributed by atoms with Crippen LogP contribution in [0.4, 0.5) is 0 Å². The lowest BCUT2D eigenvalue weighted by atomic mass is 10.2. The average molecular weight is 317 g/mol. The summed E-state index contributed by atoms with van der Waals surface area (Å²) in [6, 6.07) is 11.8.